The predicted octanol–water partition coefficient (Wildman–Crippen LogP) is 6.13. The van der Waals surface area contributed by atoms with Gasteiger partial charge in [-0.15, -0.1) is 0 Å². The van der Waals surface area contributed by atoms with Crippen LogP contribution in [0.4, 0.5) is 17.3 Å². The Bertz CT molecular complexity index is 1380. The summed E-state index contributed by atoms with van der Waals surface area (Å²) in [5.41, 5.74) is 3.31. The molecule has 0 amide bonds. The summed E-state index contributed by atoms with van der Waals surface area (Å²) in [6, 6.07) is 17.3. The first-order valence-electron chi connectivity index (χ1n) is 13.0. The molecule has 3 N–H and O–H groups in total. The van der Waals surface area contributed by atoms with Crippen molar-refractivity contribution in [3.63, 3.8) is 0 Å². The molecule has 38 heavy (non-hydrogen) atoms. The fraction of sp³-hybridized carbons (Fsp3) is 0.367. The van der Waals surface area contributed by atoms with Gasteiger partial charge >= 0.3 is 5.97 Å². The first-order chi connectivity index (χ1) is 18.2. The first-order valence-corrected chi connectivity index (χ1v) is 13.0. The largest absolute Gasteiger partial charge is 0.477 e. The molecule has 0 unspecified atom stereocenters. The number of aromatic carboxylic acids is 1. The van der Waals surface area contributed by atoms with Crippen molar-refractivity contribution in [2.45, 2.75) is 39.5 Å². The maximum absolute atomic E-state index is 12.1. The second-order valence-electron chi connectivity index (χ2n) is 11.1. The van der Waals surface area contributed by atoms with E-state index < -0.39 is 5.97 Å². The van der Waals surface area contributed by atoms with Crippen molar-refractivity contribution < 1.29 is 9.90 Å². The van der Waals surface area contributed by atoms with E-state index >= 15 is 0 Å². The van der Waals surface area contributed by atoms with Gasteiger partial charge in [0.15, 0.2) is 5.69 Å². The van der Waals surface area contributed by atoms with E-state index in [4.69, 9.17) is 4.98 Å². The smallest absolute Gasteiger partial charge is 0.354 e. The van der Waals surface area contributed by atoms with E-state index in [0.717, 1.165) is 55.8 Å². The number of carbonyl (C=O) groups is 1. The molecular formula is C30H32N6O2. The molecule has 0 bridgehead atoms. The van der Waals surface area contributed by atoms with Crippen LogP contribution in [0.2, 0.25) is 0 Å². The normalized spacial score (nSPS) is 17.3. The van der Waals surface area contributed by atoms with Crippen LogP contribution in [0, 0.1) is 34.0 Å². The van der Waals surface area contributed by atoms with Gasteiger partial charge in [-0.05, 0) is 67.0 Å². The molecule has 3 aromatic rings. The van der Waals surface area contributed by atoms with Crippen LogP contribution >= 0.6 is 0 Å². The second kappa shape index (κ2) is 10.3. The zero-order valence-corrected chi connectivity index (χ0v) is 21.7. The van der Waals surface area contributed by atoms with Gasteiger partial charge in [-0.3, -0.25) is 0 Å². The van der Waals surface area contributed by atoms with Crippen LogP contribution in [0.3, 0.4) is 0 Å². The van der Waals surface area contributed by atoms with E-state index in [9.17, 15) is 20.6 Å². The van der Waals surface area contributed by atoms with Crippen molar-refractivity contribution >= 4 is 29.0 Å². The number of carboxylic acid groups (broad SMARTS) is 1. The van der Waals surface area contributed by atoms with Crippen LogP contribution in [-0.2, 0) is 0 Å². The number of nitriles is 1. The minimum Gasteiger partial charge on any atom is -0.477 e. The fourth-order valence-electron chi connectivity index (χ4n) is 5.56. The van der Waals surface area contributed by atoms with E-state index in [1.165, 1.54) is 0 Å². The Morgan fingerprint density at radius 1 is 1.16 bits per heavy atom. The molecule has 5 rings (SSSR count). The third kappa shape index (κ3) is 5.23. The number of nitrogens with zero attached hydrogens (tertiary/aromatic N) is 4. The van der Waals surface area contributed by atoms with Crippen LogP contribution in [0.1, 0.15) is 55.6 Å². The highest BCUT2D eigenvalue weighted by molar-refractivity contribution is 6.11. The fourth-order valence-corrected chi connectivity index (χ4v) is 5.56. The molecule has 1 aliphatic heterocycles. The summed E-state index contributed by atoms with van der Waals surface area (Å²) >= 11 is 0. The Hall–Kier alpha value is -4.25. The molecule has 1 saturated carbocycles. The van der Waals surface area contributed by atoms with E-state index in [1.54, 1.807) is 12.3 Å². The summed E-state index contributed by atoms with van der Waals surface area (Å²) in [4.78, 5) is 23.4. The lowest BCUT2D eigenvalue weighted by molar-refractivity contribution is 0.0690. The minimum absolute atomic E-state index is 0.0752. The maximum atomic E-state index is 12.1. The molecule has 194 valence electrons. The molecule has 0 atom stereocenters. The lowest BCUT2D eigenvalue weighted by Gasteiger charge is -2.43. The van der Waals surface area contributed by atoms with E-state index in [-0.39, 0.29) is 22.9 Å². The van der Waals surface area contributed by atoms with Gasteiger partial charge in [0.1, 0.15) is 11.6 Å². The minimum atomic E-state index is -1.13. The van der Waals surface area contributed by atoms with Gasteiger partial charge in [-0.25, -0.2) is 14.8 Å². The summed E-state index contributed by atoms with van der Waals surface area (Å²) in [5, 5.41) is 31.6. The lowest BCUT2D eigenvalue weighted by atomic mass is 9.62. The van der Waals surface area contributed by atoms with Crippen LogP contribution < -0.4 is 10.2 Å². The van der Waals surface area contributed by atoms with Crippen LogP contribution in [0.25, 0.3) is 11.1 Å². The summed E-state index contributed by atoms with van der Waals surface area (Å²) in [6.07, 6.45) is 5.18. The Labute approximate surface area is 222 Å². The van der Waals surface area contributed by atoms with Gasteiger partial charge in [0.2, 0.25) is 0 Å². The molecule has 0 spiro atoms. The van der Waals surface area contributed by atoms with Crippen molar-refractivity contribution in [1.82, 2.24) is 9.97 Å². The van der Waals surface area contributed by atoms with Crippen LogP contribution in [0.15, 0.2) is 54.7 Å². The Balaban J connectivity index is 1.56. The molecule has 2 aromatic heterocycles. The van der Waals surface area contributed by atoms with Gasteiger partial charge in [0.05, 0.1) is 6.07 Å². The number of piperidine rings is 1. The Kier molecular flexibility index (Phi) is 6.85. The SMILES string of the molecule is CC1(C)CC(C(=N)c2c(-c3ccc(N4CCC(C#N)CC4)nc3)cc(C(=O)O)nc2Nc2ccccc2)C1. The Morgan fingerprint density at radius 3 is 2.45 bits per heavy atom. The topological polar surface area (TPSA) is 126 Å². The monoisotopic (exact) mass is 508 g/mol. The molecule has 1 aliphatic carbocycles. The van der Waals surface area contributed by atoms with Crippen LogP contribution in [-0.4, -0.2) is 39.8 Å². The molecular weight excluding hydrogens is 476 g/mol. The van der Waals surface area contributed by atoms with Crippen LogP contribution in [0.5, 0.6) is 0 Å². The van der Waals surface area contributed by atoms with Crippen molar-refractivity contribution in [2.75, 3.05) is 23.3 Å². The highest BCUT2D eigenvalue weighted by Gasteiger charge is 2.40. The molecule has 1 saturated heterocycles. The third-order valence-corrected chi connectivity index (χ3v) is 7.61. The van der Waals surface area contributed by atoms with E-state index in [0.29, 0.717) is 22.7 Å². The number of carboxylic acids is 1. The third-order valence-electron chi connectivity index (χ3n) is 7.61. The molecule has 2 fully saturated rings. The number of benzene rings is 1. The standard InChI is InChI=1S/C30H32N6O2/c1-30(2)15-21(16-30)27(32)26-23(14-24(29(37)38)35-28(26)34-22-6-4-3-5-7-22)20-8-9-25(33-18-20)36-12-10-19(17-31)11-13-36/h3-9,14,18-19,21,32H,10-13,15-16H2,1-2H3,(H,34,35)(H,37,38). The molecule has 1 aromatic carbocycles. The average Bonchev–Trinajstić information content (AvgIpc) is 2.91. The van der Waals surface area contributed by atoms with Gasteiger partial charge in [0.25, 0.3) is 0 Å². The summed E-state index contributed by atoms with van der Waals surface area (Å²) in [6.45, 7) is 5.96. The zero-order chi connectivity index (χ0) is 26.9. The maximum Gasteiger partial charge on any atom is 0.354 e. The number of aromatic nitrogens is 2. The molecule has 3 heterocycles. The number of pyridine rings is 2. The summed E-state index contributed by atoms with van der Waals surface area (Å²) in [5.74, 6) is 0.236. The predicted molar refractivity (Wildman–Crippen MR) is 148 cm³/mol. The second-order valence-corrected chi connectivity index (χ2v) is 11.1. The Morgan fingerprint density at radius 2 is 1.87 bits per heavy atom. The van der Waals surface area contributed by atoms with E-state index in [2.05, 4.69) is 35.1 Å². The van der Waals surface area contributed by atoms with Gasteiger partial charge in [-0.1, -0.05) is 32.0 Å². The van der Waals surface area contributed by atoms with E-state index in [1.807, 2.05) is 42.5 Å². The van der Waals surface area contributed by atoms with Gasteiger partial charge < -0.3 is 20.7 Å². The number of para-hydroxylation sites is 1. The number of nitrogens with one attached hydrogen (secondary N) is 2. The zero-order valence-electron chi connectivity index (χ0n) is 21.7. The number of anilines is 3. The number of hydrogen-bond donors (Lipinski definition) is 3. The number of hydrogen-bond acceptors (Lipinski definition) is 7. The average molecular weight is 509 g/mol. The molecule has 8 heteroatoms. The summed E-state index contributed by atoms with van der Waals surface area (Å²) in [7, 11) is 0. The van der Waals surface area contributed by atoms with Crippen molar-refractivity contribution in [3.05, 3.63) is 66.0 Å². The van der Waals surface area contributed by atoms with Crippen molar-refractivity contribution in [3.8, 4) is 17.2 Å². The lowest BCUT2D eigenvalue weighted by Crippen LogP contribution is -2.37. The highest BCUT2D eigenvalue weighted by Crippen LogP contribution is 2.47. The van der Waals surface area contributed by atoms with Gasteiger partial charge in [-0.2, -0.15) is 5.26 Å². The summed E-state index contributed by atoms with van der Waals surface area (Å²) < 4.78 is 0. The molecule has 0 radical (unpaired) electrons. The van der Waals surface area contributed by atoms with Gasteiger partial charge in [0, 0.05) is 53.6 Å². The molecule has 2 aliphatic rings. The number of rotatable bonds is 7. The van der Waals surface area contributed by atoms with Crippen molar-refractivity contribution in [1.29, 1.82) is 10.7 Å². The van der Waals surface area contributed by atoms with Crippen molar-refractivity contribution in [2.24, 2.45) is 17.3 Å². The first kappa shape index (κ1) is 25.4. The highest BCUT2D eigenvalue weighted by atomic mass is 16.4. The quantitative estimate of drug-likeness (QED) is 0.328. The molecule has 8 nitrogen and oxygen atoms in total.